The smallest absolute Gasteiger partial charge is 0.294 e. The van der Waals surface area contributed by atoms with Crippen molar-refractivity contribution in [3.05, 3.63) is 29.8 Å². The average Bonchev–Trinajstić information content (AvgIpc) is 2.48. The zero-order chi connectivity index (χ0) is 22.4. The Hall–Kier alpha value is -1.00. The van der Waals surface area contributed by atoms with Gasteiger partial charge in [-0.1, -0.05) is 50.3 Å². The number of hydrogen-bond acceptors (Lipinski definition) is 5. The Morgan fingerprint density at radius 3 is 1.64 bits per heavy atom. The standard InChI is InChI=1S/C11H26N.C7H8O3S.CH4O3S/c1-5-6-7-8-9-10-11-12(2,3)4;1-6-2-4-7(5-3-6)11(8,9)10;1-5(2,3)4/h5-11H2,1-4H3;2-5H,1H3,(H,8,9,10);1H3,(H,2,3,4)/q+1;;/p-1. The Morgan fingerprint density at radius 2 is 1.29 bits per heavy atom. The lowest BCUT2D eigenvalue weighted by Gasteiger charge is -2.23. The summed E-state index contributed by atoms with van der Waals surface area (Å²) in [6.45, 7) is 5.44. The molecule has 0 heterocycles. The Balaban J connectivity index is 0. The van der Waals surface area contributed by atoms with Crippen molar-refractivity contribution in [2.24, 2.45) is 0 Å². The van der Waals surface area contributed by atoms with Gasteiger partial charge in [-0.15, -0.1) is 0 Å². The minimum absolute atomic E-state index is 0.0666. The first-order valence-electron chi connectivity index (χ1n) is 9.31. The molecule has 0 saturated heterocycles. The molecular weight excluding hydrogens is 402 g/mol. The van der Waals surface area contributed by atoms with Crippen LogP contribution in [0.4, 0.5) is 0 Å². The van der Waals surface area contributed by atoms with Gasteiger partial charge in [0.15, 0.2) is 0 Å². The molecule has 1 aromatic rings. The third-order valence-corrected chi connectivity index (χ3v) is 4.37. The molecule has 28 heavy (non-hydrogen) atoms. The predicted octanol–water partition coefficient (Wildman–Crippen LogP) is 3.46. The summed E-state index contributed by atoms with van der Waals surface area (Å²) in [6, 6.07) is 5.99. The Morgan fingerprint density at radius 1 is 0.893 bits per heavy atom. The van der Waals surface area contributed by atoms with Gasteiger partial charge in [0.05, 0.1) is 42.7 Å². The lowest BCUT2D eigenvalue weighted by atomic mass is 10.1. The molecular formula is C19H37NO6S2. The molecule has 0 amide bonds. The van der Waals surface area contributed by atoms with Crippen LogP contribution in [0, 0.1) is 6.92 Å². The van der Waals surface area contributed by atoms with Crippen LogP contribution in [0.2, 0.25) is 0 Å². The minimum Gasteiger partial charge on any atom is -0.748 e. The van der Waals surface area contributed by atoms with Crippen LogP contribution in [0.25, 0.3) is 0 Å². The highest BCUT2D eigenvalue weighted by Crippen LogP contribution is 2.08. The van der Waals surface area contributed by atoms with E-state index in [4.69, 9.17) is 17.5 Å². The highest BCUT2D eigenvalue weighted by atomic mass is 32.2. The summed E-state index contributed by atoms with van der Waals surface area (Å²) in [6.07, 6.45) is 9.08. The van der Waals surface area contributed by atoms with E-state index < -0.39 is 20.2 Å². The van der Waals surface area contributed by atoms with E-state index in [0.717, 1.165) is 10.0 Å². The molecule has 0 aliphatic rings. The number of quaternary nitrogens is 1. The third-order valence-electron chi connectivity index (χ3n) is 3.50. The van der Waals surface area contributed by atoms with E-state index in [-0.39, 0.29) is 4.90 Å². The molecule has 0 spiro atoms. The summed E-state index contributed by atoms with van der Waals surface area (Å²) in [5.41, 5.74) is 0.956. The number of unbranched alkanes of at least 4 members (excludes halogenated alkanes) is 5. The second kappa shape index (κ2) is 14.1. The van der Waals surface area contributed by atoms with Crippen molar-refractivity contribution in [3.8, 4) is 0 Å². The van der Waals surface area contributed by atoms with Gasteiger partial charge < -0.3 is 9.04 Å². The summed E-state index contributed by atoms with van der Waals surface area (Å²) in [4.78, 5) is -0.0666. The van der Waals surface area contributed by atoms with Crippen molar-refractivity contribution < 1.29 is 30.4 Å². The number of aryl methyl sites for hydroxylation is 1. The van der Waals surface area contributed by atoms with Crippen LogP contribution in [0.3, 0.4) is 0 Å². The van der Waals surface area contributed by atoms with Gasteiger partial charge in [-0.2, -0.15) is 8.42 Å². The van der Waals surface area contributed by atoms with E-state index in [1.807, 2.05) is 6.92 Å². The number of benzene rings is 1. The summed E-state index contributed by atoms with van der Waals surface area (Å²) in [7, 11) is -1.13. The maximum absolute atomic E-state index is 10.5. The molecule has 166 valence electrons. The van der Waals surface area contributed by atoms with Crippen LogP contribution in [-0.2, 0) is 20.2 Å². The van der Waals surface area contributed by atoms with Crippen molar-refractivity contribution in [1.29, 1.82) is 0 Å². The van der Waals surface area contributed by atoms with Crippen LogP contribution >= 0.6 is 0 Å². The van der Waals surface area contributed by atoms with Gasteiger partial charge in [-0.3, -0.25) is 4.55 Å². The quantitative estimate of drug-likeness (QED) is 0.377. The van der Waals surface area contributed by atoms with E-state index in [1.165, 1.54) is 57.2 Å². The van der Waals surface area contributed by atoms with Crippen molar-refractivity contribution in [2.45, 2.75) is 57.3 Å². The maximum atomic E-state index is 10.5. The second-order valence-electron chi connectivity index (χ2n) is 7.77. The first-order valence-corrected chi connectivity index (χ1v) is 12.6. The van der Waals surface area contributed by atoms with E-state index in [9.17, 15) is 8.42 Å². The van der Waals surface area contributed by atoms with Gasteiger partial charge in [0, 0.05) is 6.26 Å². The average molecular weight is 440 g/mol. The molecule has 1 N–H and O–H groups in total. The molecule has 0 aromatic heterocycles. The van der Waals surface area contributed by atoms with Crippen LogP contribution in [0.1, 0.15) is 51.0 Å². The molecule has 0 atom stereocenters. The zero-order valence-electron chi connectivity index (χ0n) is 18.0. The zero-order valence-corrected chi connectivity index (χ0v) is 19.6. The molecule has 0 saturated carbocycles. The monoisotopic (exact) mass is 439 g/mol. The Bertz CT molecular complexity index is 713. The molecule has 0 aliphatic heterocycles. The molecule has 9 heteroatoms. The van der Waals surface area contributed by atoms with Crippen LogP contribution in [0.15, 0.2) is 29.2 Å². The van der Waals surface area contributed by atoms with Crippen LogP contribution in [0.5, 0.6) is 0 Å². The van der Waals surface area contributed by atoms with Crippen LogP contribution < -0.4 is 0 Å². The van der Waals surface area contributed by atoms with E-state index in [0.29, 0.717) is 6.26 Å². The van der Waals surface area contributed by atoms with Gasteiger partial charge in [0.2, 0.25) is 0 Å². The molecule has 0 aliphatic carbocycles. The fraction of sp³-hybridized carbons (Fsp3) is 0.684. The van der Waals surface area contributed by atoms with Crippen LogP contribution in [-0.4, -0.2) is 64.4 Å². The molecule has 0 radical (unpaired) electrons. The molecule has 0 unspecified atom stereocenters. The Kier molecular flexibility index (Phi) is 14.7. The molecule has 1 rings (SSSR count). The minimum atomic E-state index is -4.02. The molecule has 0 bridgehead atoms. The fourth-order valence-electron chi connectivity index (χ4n) is 2.08. The number of nitrogens with zero attached hydrogens (tertiary/aromatic N) is 1. The SMILES string of the molecule is CCCCCCCC[N+](C)(C)C.CS(=O)(=O)[O-].Cc1ccc(S(=O)(=O)O)cc1. The largest absolute Gasteiger partial charge is 0.748 e. The highest BCUT2D eigenvalue weighted by molar-refractivity contribution is 7.85. The molecule has 7 nitrogen and oxygen atoms in total. The van der Waals surface area contributed by atoms with E-state index >= 15 is 0 Å². The van der Waals surface area contributed by atoms with Gasteiger partial charge in [0.1, 0.15) is 0 Å². The highest BCUT2D eigenvalue weighted by Gasteiger charge is 2.07. The van der Waals surface area contributed by atoms with Crippen molar-refractivity contribution in [3.63, 3.8) is 0 Å². The maximum Gasteiger partial charge on any atom is 0.294 e. The van der Waals surface area contributed by atoms with Gasteiger partial charge >= 0.3 is 0 Å². The predicted molar refractivity (Wildman–Crippen MR) is 113 cm³/mol. The topological polar surface area (TPSA) is 112 Å². The number of hydrogen-bond donors (Lipinski definition) is 1. The lowest BCUT2D eigenvalue weighted by Crippen LogP contribution is -2.35. The normalized spacial score (nSPS) is 11.7. The number of rotatable bonds is 8. The molecule has 1 aromatic carbocycles. The fourth-order valence-corrected chi connectivity index (χ4v) is 2.56. The van der Waals surface area contributed by atoms with Gasteiger partial charge in [-0.25, -0.2) is 8.42 Å². The van der Waals surface area contributed by atoms with Crippen molar-refractivity contribution in [1.82, 2.24) is 0 Å². The van der Waals surface area contributed by atoms with E-state index in [2.05, 4.69) is 28.1 Å². The summed E-state index contributed by atoms with van der Waals surface area (Å²) < 4.78 is 57.9. The first-order chi connectivity index (χ1) is 12.6. The third kappa shape index (κ3) is 25.0. The summed E-state index contributed by atoms with van der Waals surface area (Å²) >= 11 is 0. The van der Waals surface area contributed by atoms with Gasteiger partial charge in [-0.05, 0) is 31.9 Å². The summed E-state index contributed by atoms with van der Waals surface area (Å²) in [5, 5.41) is 0. The Labute approximate surface area is 171 Å². The summed E-state index contributed by atoms with van der Waals surface area (Å²) in [5.74, 6) is 0. The lowest BCUT2D eigenvalue weighted by molar-refractivity contribution is -0.870. The van der Waals surface area contributed by atoms with Crippen molar-refractivity contribution in [2.75, 3.05) is 33.9 Å². The van der Waals surface area contributed by atoms with E-state index in [1.54, 1.807) is 12.1 Å². The first kappa shape index (κ1) is 29.2. The molecule has 0 fully saturated rings. The second-order valence-corrected chi connectivity index (χ2v) is 10.6. The van der Waals surface area contributed by atoms with Crippen molar-refractivity contribution >= 4 is 20.2 Å². The van der Waals surface area contributed by atoms with Gasteiger partial charge in [0.25, 0.3) is 10.1 Å².